The van der Waals surface area contributed by atoms with Gasteiger partial charge in [0.15, 0.2) is 29.5 Å². The number of aromatic nitrogens is 2. The number of aromatic amines is 1. The van der Waals surface area contributed by atoms with Crippen molar-refractivity contribution < 1.29 is 32.2 Å². The van der Waals surface area contributed by atoms with Crippen molar-refractivity contribution in [2.24, 2.45) is 11.5 Å². The molecule has 1 heterocycles. The van der Waals surface area contributed by atoms with E-state index in [1.807, 2.05) is 0 Å². The molecule has 1 aromatic heterocycles. The zero-order chi connectivity index (χ0) is 22.8. The summed E-state index contributed by atoms with van der Waals surface area (Å²) in [4.78, 5) is 24.7. The summed E-state index contributed by atoms with van der Waals surface area (Å²) < 4.78 is 43.2. The van der Waals surface area contributed by atoms with Crippen molar-refractivity contribution in [3.63, 3.8) is 0 Å². The molecule has 11 nitrogen and oxygen atoms in total. The van der Waals surface area contributed by atoms with Crippen molar-refractivity contribution in [3.05, 3.63) is 41.2 Å². The number of nitrogens with one attached hydrogen (secondary N) is 1. The number of nitrogens with two attached hydrogens (primary N) is 2. The maximum atomic E-state index is 13.3. The lowest BCUT2D eigenvalue weighted by atomic mass is 10.3. The quantitative estimate of drug-likeness (QED) is 0.387. The monoisotopic (exact) mass is 466 g/mol. The standard InChI is InChI=1S/C18H18N4O7S2/c1-27-10-2-4-13-12(6-10)21-18(30)22(13)31(25,26)11-3-5-14(28-8-16(19)23)15(7-11)29-9-17(20)24/h2-7H,8-9H2,1H3,(H2,19,23)(H2,20,24)(H,21,30). The van der Waals surface area contributed by atoms with Crippen LogP contribution in [0.3, 0.4) is 0 Å². The number of carbonyl (C=O) groups excluding carboxylic acids is 2. The Labute approximate surface area is 181 Å². The van der Waals surface area contributed by atoms with E-state index in [0.717, 1.165) is 10.0 Å². The fourth-order valence-corrected chi connectivity index (χ4v) is 4.61. The highest BCUT2D eigenvalue weighted by Crippen LogP contribution is 2.32. The van der Waals surface area contributed by atoms with Crippen LogP contribution in [0.15, 0.2) is 41.3 Å². The Balaban J connectivity index is 2.10. The van der Waals surface area contributed by atoms with Gasteiger partial charge in [0.25, 0.3) is 21.8 Å². The van der Waals surface area contributed by atoms with Crippen molar-refractivity contribution in [1.82, 2.24) is 8.96 Å². The third-order valence-corrected chi connectivity index (χ3v) is 6.15. The van der Waals surface area contributed by atoms with Gasteiger partial charge in [-0.1, -0.05) is 0 Å². The molecule has 0 saturated carbocycles. The van der Waals surface area contributed by atoms with E-state index in [1.54, 1.807) is 18.2 Å². The minimum Gasteiger partial charge on any atom is -0.497 e. The lowest BCUT2D eigenvalue weighted by molar-refractivity contribution is -0.121. The van der Waals surface area contributed by atoms with E-state index in [2.05, 4.69) is 4.98 Å². The molecule has 13 heteroatoms. The lowest BCUT2D eigenvalue weighted by Crippen LogP contribution is -2.22. The van der Waals surface area contributed by atoms with E-state index in [4.69, 9.17) is 37.9 Å². The predicted molar refractivity (Wildman–Crippen MR) is 112 cm³/mol. The van der Waals surface area contributed by atoms with E-state index in [9.17, 15) is 18.0 Å². The summed E-state index contributed by atoms with van der Waals surface area (Å²) >= 11 is 5.21. The second-order valence-corrected chi connectivity index (χ2v) is 8.37. The van der Waals surface area contributed by atoms with Gasteiger partial charge in [-0.25, -0.2) is 12.4 Å². The van der Waals surface area contributed by atoms with Crippen LogP contribution in [0.4, 0.5) is 0 Å². The van der Waals surface area contributed by atoms with Crippen molar-refractivity contribution in [2.75, 3.05) is 20.3 Å². The second-order valence-electron chi connectivity index (χ2n) is 6.20. The molecule has 2 amide bonds. The van der Waals surface area contributed by atoms with E-state index in [0.29, 0.717) is 16.8 Å². The van der Waals surface area contributed by atoms with Crippen LogP contribution in [0.1, 0.15) is 0 Å². The Bertz CT molecular complexity index is 1330. The SMILES string of the molecule is COc1ccc2c(c1)[nH]c(=S)n2S(=O)(=O)c1ccc(OCC(N)=O)c(OCC(N)=O)c1. The summed E-state index contributed by atoms with van der Waals surface area (Å²) in [6.07, 6.45) is 0. The molecule has 0 fully saturated rings. The predicted octanol–water partition coefficient (Wildman–Crippen LogP) is 0.673. The van der Waals surface area contributed by atoms with Crippen LogP contribution in [0.2, 0.25) is 0 Å². The summed E-state index contributed by atoms with van der Waals surface area (Å²) in [6, 6.07) is 8.41. The maximum absolute atomic E-state index is 13.3. The van der Waals surface area contributed by atoms with E-state index < -0.39 is 35.1 Å². The smallest absolute Gasteiger partial charge is 0.270 e. The summed E-state index contributed by atoms with van der Waals surface area (Å²) in [6.45, 7) is -1.02. The number of H-pyrrole nitrogens is 1. The topological polar surface area (TPSA) is 169 Å². The first kappa shape index (κ1) is 22.1. The first-order valence-corrected chi connectivity index (χ1v) is 10.5. The van der Waals surface area contributed by atoms with Gasteiger partial charge in [-0.15, -0.1) is 0 Å². The molecule has 3 rings (SSSR count). The van der Waals surface area contributed by atoms with Crippen molar-refractivity contribution in [3.8, 4) is 17.2 Å². The van der Waals surface area contributed by atoms with Crippen LogP contribution in [0.5, 0.6) is 17.2 Å². The molecular formula is C18H18N4O7S2. The fourth-order valence-electron chi connectivity index (χ4n) is 2.72. The number of fused-ring (bicyclic) bond motifs is 1. The molecule has 0 bridgehead atoms. The number of hydrogen-bond donors (Lipinski definition) is 3. The molecule has 0 radical (unpaired) electrons. The molecule has 3 aromatic rings. The van der Waals surface area contributed by atoms with Crippen molar-refractivity contribution in [1.29, 1.82) is 0 Å². The summed E-state index contributed by atoms with van der Waals surface area (Å²) in [5, 5.41) is 0. The first-order chi connectivity index (χ1) is 14.6. The number of methoxy groups -OCH3 is 1. The van der Waals surface area contributed by atoms with Crippen LogP contribution in [-0.4, -0.2) is 49.5 Å². The average Bonchev–Trinajstić information content (AvgIpc) is 3.06. The average molecular weight is 466 g/mol. The molecule has 0 aliphatic rings. The van der Waals surface area contributed by atoms with Crippen LogP contribution in [-0.2, 0) is 19.6 Å². The molecule has 0 spiro atoms. The highest BCUT2D eigenvalue weighted by molar-refractivity contribution is 7.90. The Kier molecular flexibility index (Phi) is 6.17. The zero-order valence-corrected chi connectivity index (χ0v) is 17.8. The first-order valence-electron chi connectivity index (χ1n) is 8.64. The summed E-state index contributed by atoms with van der Waals surface area (Å²) in [7, 11) is -2.70. The third-order valence-electron chi connectivity index (χ3n) is 4.04. The summed E-state index contributed by atoms with van der Waals surface area (Å²) in [5.41, 5.74) is 10.9. The number of ether oxygens (including phenoxy) is 3. The van der Waals surface area contributed by atoms with Crippen LogP contribution in [0.25, 0.3) is 11.0 Å². The molecule has 164 valence electrons. The normalized spacial score (nSPS) is 11.3. The van der Waals surface area contributed by atoms with Gasteiger partial charge in [0, 0.05) is 12.1 Å². The van der Waals surface area contributed by atoms with Gasteiger partial charge in [-0.2, -0.15) is 0 Å². The van der Waals surface area contributed by atoms with Crippen LogP contribution >= 0.6 is 12.2 Å². The van der Waals surface area contributed by atoms with E-state index in [-0.39, 0.29) is 21.2 Å². The number of imidazole rings is 1. The van der Waals surface area contributed by atoms with Gasteiger partial charge >= 0.3 is 0 Å². The minimum atomic E-state index is -4.18. The molecule has 0 saturated heterocycles. The highest BCUT2D eigenvalue weighted by Gasteiger charge is 2.24. The van der Waals surface area contributed by atoms with Gasteiger partial charge < -0.3 is 30.7 Å². The van der Waals surface area contributed by atoms with E-state index in [1.165, 1.54) is 19.2 Å². The molecular weight excluding hydrogens is 448 g/mol. The van der Waals surface area contributed by atoms with Crippen LogP contribution in [0, 0.1) is 4.77 Å². The molecule has 0 aliphatic heterocycles. The second kappa shape index (κ2) is 8.65. The number of hydrogen-bond acceptors (Lipinski definition) is 8. The summed E-state index contributed by atoms with van der Waals surface area (Å²) in [5.74, 6) is -1.13. The maximum Gasteiger partial charge on any atom is 0.270 e. The number of primary amides is 2. The number of rotatable bonds is 9. The Hall–Kier alpha value is -3.58. The Morgan fingerprint density at radius 2 is 1.68 bits per heavy atom. The van der Waals surface area contributed by atoms with Gasteiger partial charge in [-0.3, -0.25) is 9.59 Å². The molecule has 2 aromatic carbocycles. The van der Waals surface area contributed by atoms with Crippen LogP contribution < -0.4 is 25.7 Å². The largest absolute Gasteiger partial charge is 0.497 e. The third kappa shape index (κ3) is 4.62. The van der Waals surface area contributed by atoms with Gasteiger partial charge in [0.1, 0.15) is 5.75 Å². The highest BCUT2D eigenvalue weighted by atomic mass is 32.2. The van der Waals surface area contributed by atoms with Gasteiger partial charge in [0.2, 0.25) is 0 Å². The van der Waals surface area contributed by atoms with Gasteiger partial charge in [0.05, 0.1) is 23.0 Å². The van der Waals surface area contributed by atoms with Crippen molar-refractivity contribution >= 4 is 45.1 Å². The lowest BCUT2D eigenvalue weighted by Gasteiger charge is -2.13. The Morgan fingerprint density at radius 1 is 1.03 bits per heavy atom. The molecule has 0 aliphatic carbocycles. The van der Waals surface area contributed by atoms with Gasteiger partial charge in [-0.05, 0) is 36.5 Å². The van der Waals surface area contributed by atoms with Crippen molar-refractivity contribution in [2.45, 2.75) is 4.90 Å². The zero-order valence-electron chi connectivity index (χ0n) is 16.2. The molecule has 0 atom stereocenters. The van der Waals surface area contributed by atoms with E-state index >= 15 is 0 Å². The molecule has 31 heavy (non-hydrogen) atoms. The number of amides is 2. The molecule has 0 unspecified atom stereocenters. The fraction of sp³-hybridized carbons (Fsp3) is 0.167. The molecule has 5 N–H and O–H groups in total. The number of benzene rings is 2. The number of nitrogens with zero attached hydrogens (tertiary/aromatic N) is 1. The number of carbonyl (C=O) groups is 2. The Morgan fingerprint density at radius 3 is 2.29 bits per heavy atom. The minimum absolute atomic E-state index is 0.00580.